The van der Waals surface area contributed by atoms with E-state index in [9.17, 15) is 4.79 Å². The van der Waals surface area contributed by atoms with Gasteiger partial charge in [-0.15, -0.1) is 0 Å². The van der Waals surface area contributed by atoms with Gasteiger partial charge in [0, 0.05) is 17.8 Å². The average Bonchev–Trinajstić information content (AvgIpc) is 2.56. The minimum atomic E-state index is -0.406. The van der Waals surface area contributed by atoms with Crippen molar-refractivity contribution >= 4 is 34.8 Å². The van der Waals surface area contributed by atoms with Crippen LogP contribution in [0.15, 0.2) is 24.3 Å². The van der Waals surface area contributed by atoms with Crippen LogP contribution in [0.2, 0.25) is 5.02 Å². The number of hydrogen-bond donors (Lipinski definition) is 3. The van der Waals surface area contributed by atoms with Gasteiger partial charge < -0.3 is 11.1 Å². The van der Waals surface area contributed by atoms with Crippen molar-refractivity contribution in [1.29, 1.82) is 0 Å². The second-order valence-electron chi connectivity index (χ2n) is 4.06. The van der Waals surface area contributed by atoms with Gasteiger partial charge in [0.15, 0.2) is 5.82 Å². The van der Waals surface area contributed by atoms with E-state index in [1.165, 1.54) is 4.68 Å². The third-order valence-electron chi connectivity index (χ3n) is 2.58. The molecule has 0 aliphatic carbocycles. The molecule has 0 atom stereocenters. The van der Waals surface area contributed by atoms with Gasteiger partial charge in [-0.2, -0.15) is 5.10 Å². The molecule has 0 unspecified atom stereocenters. The number of amides is 2. The van der Waals surface area contributed by atoms with Crippen molar-refractivity contribution in [2.75, 3.05) is 16.4 Å². The Kier molecular flexibility index (Phi) is 3.62. The van der Waals surface area contributed by atoms with Crippen molar-refractivity contribution in [3.63, 3.8) is 0 Å². The molecule has 0 saturated heterocycles. The lowest BCUT2D eigenvalue weighted by Crippen LogP contribution is -2.21. The predicted octanol–water partition coefficient (Wildman–Crippen LogP) is 2.61. The van der Waals surface area contributed by atoms with Crippen LogP contribution >= 0.6 is 11.6 Å². The summed E-state index contributed by atoms with van der Waals surface area (Å²) in [6.45, 7) is 1.77. The number of aromatic nitrogens is 2. The molecule has 4 N–H and O–H groups in total. The van der Waals surface area contributed by atoms with Crippen LogP contribution in [-0.2, 0) is 7.05 Å². The molecule has 0 fully saturated rings. The second kappa shape index (κ2) is 5.19. The van der Waals surface area contributed by atoms with Crippen LogP contribution in [0.25, 0.3) is 0 Å². The predicted molar refractivity (Wildman–Crippen MR) is 76.5 cm³/mol. The highest BCUT2D eigenvalue weighted by atomic mass is 35.5. The molecule has 0 spiro atoms. The molecule has 2 rings (SSSR count). The molecule has 7 heteroatoms. The molecule has 0 aliphatic heterocycles. The Morgan fingerprint density at radius 1 is 1.42 bits per heavy atom. The molecule has 0 saturated carbocycles. The zero-order chi connectivity index (χ0) is 14.0. The summed E-state index contributed by atoms with van der Waals surface area (Å²) in [5.41, 5.74) is 7.54. The topological polar surface area (TPSA) is 85.0 Å². The van der Waals surface area contributed by atoms with Crippen molar-refractivity contribution in [2.45, 2.75) is 6.92 Å². The third kappa shape index (κ3) is 2.97. The number of nitrogens with zero attached hydrogens (tertiary/aromatic N) is 2. The number of hydrogen-bond acceptors (Lipinski definition) is 3. The van der Waals surface area contributed by atoms with Crippen molar-refractivity contribution in [3.05, 3.63) is 35.0 Å². The first kappa shape index (κ1) is 13.2. The first-order valence-electron chi connectivity index (χ1n) is 5.60. The number of nitrogens with two attached hydrogens (primary N) is 1. The van der Waals surface area contributed by atoms with Crippen molar-refractivity contribution in [3.8, 4) is 0 Å². The fraction of sp³-hybridized carbons (Fsp3) is 0.167. The molecule has 0 radical (unpaired) electrons. The number of aryl methyl sites for hydroxylation is 2. The van der Waals surface area contributed by atoms with E-state index >= 15 is 0 Å². The van der Waals surface area contributed by atoms with Gasteiger partial charge in [-0.3, -0.25) is 10.00 Å². The standard InChI is InChI=1S/C12H14ClN5O/c1-7-10(14)11(18(2)17-7)16-12(19)15-9-5-3-4-8(13)6-9/h3-6H,14H2,1-2H3,(H2,15,16,19). The number of urea groups is 1. The number of nitrogens with one attached hydrogen (secondary N) is 2. The highest BCUT2D eigenvalue weighted by molar-refractivity contribution is 6.30. The van der Waals surface area contributed by atoms with Gasteiger partial charge in [0.25, 0.3) is 0 Å². The Morgan fingerprint density at radius 3 is 2.74 bits per heavy atom. The van der Waals surface area contributed by atoms with Crippen LogP contribution < -0.4 is 16.4 Å². The zero-order valence-electron chi connectivity index (χ0n) is 10.6. The van der Waals surface area contributed by atoms with E-state index in [1.807, 2.05) is 0 Å². The normalized spacial score (nSPS) is 10.3. The first-order valence-corrected chi connectivity index (χ1v) is 5.98. The van der Waals surface area contributed by atoms with E-state index < -0.39 is 6.03 Å². The lowest BCUT2D eigenvalue weighted by molar-refractivity contribution is 0.262. The third-order valence-corrected chi connectivity index (χ3v) is 2.82. The Morgan fingerprint density at radius 2 is 2.16 bits per heavy atom. The Hall–Kier alpha value is -2.21. The number of carbonyl (C=O) groups is 1. The number of halogens is 1. The van der Waals surface area contributed by atoms with Crippen molar-refractivity contribution < 1.29 is 4.79 Å². The van der Waals surface area contributed by atoms with Crippen molar-refractivity contribution in [1.82, 2.24) is 9.78 Å². The van der Waals surface area contributed by atoms with Crippen LogP contribution in [0.5, 0.6) is 0 Å². The Labute approximate surface area is 115 Å². The molecule has 1 aromatic heterocycles. The second-order valence-corrected chi connectivity index (χ2v) is 4.50. The van der Waals surface area contributed by atoms with E-state index in [-0.39, 0.29) is 0 Å². The van der Waals surface area contributed by atoms with Gasteiger partial charge >= 0.3 is 6.03 Å². The molecule has 1 aromatic carbocycles. The quantitative estimate of drug-likeness (QED) is 0.790. The number of carbonyl (C=O) groups excluding carboxylic acids is 1. The SMILES string of the molecule is Cc1nn(C)c(NC(=O)Nc2cccc(Cl)c2)c1N. The summed E-state index contributed by atoms with van der Waals surface area (Å²) in [4.78, 5) is 11.8. The summed E-state index contributed by atoms with van der Waals surface area (Å²) in [5.74, 6) is 0.456. The maximum absolute atomic E-state index is 11.8. The molecule has 6 nitrogen and oxygen atoms in total. The minimum absolute atomic E-state index is 0.406. The van der Waals surface area contributed by atoms with Crippen LogP contribution in [0.1, 0.15) is 5.69 Å². The van der Waals surface area contributed by atoms with Crippen molar-refractivity contribution in [2.24, 2.45) is 7.05 Å². The largest absolute Gasteiger partial charge is 0.394 e. The summed E-state index contributed by atoms with van der Waals surface area (Å²) in [6.07, 6.45) is 0. The highest BCUT2D eigenvalue weighted by Gasteiger charge is 2.12. The summed E-state index contributed by atoms with van der Waals surface area (Å²) < 4.78 is 1.52. The van der Waals surface area contributed by atoms with Crippen LogP contribution in [-0.4, -0.2) is 15.8 Å². The molecule has 100 valence electrons. The van der Waals surface area contributed by atoms with Gasteiger partial charge in [0.05, 0.1) is 11.4 Å². The molecular weight excluding hydrogens is 266 g/mol. The molecule has 1 heterocycles. The fourth-order valence-electron chi connectivity index (χ4n) is 1.66. The molecule has 2 aromatic rings. The van der Waals surface area contributed by atoms with E-state index in [0.717, 1.165) is 0 Å². The van der Waals surface area contributed by atoms with Crippen LogP contribution in [0.3, 0.4) is 0 Å². The molecule has 0 bridgehead atoms. The van der Waals surface area contributed by atoms with Gasteiger partial charge in [-0.1, -0.05) is 17.7 Å². The summed E-state index contributed by atoms with van der Waals surface area (Å²) in [5, 5.41) is 9.98. The highest BCUT2D eigenvalue weighted by Crippen LogP contribution is 2.21. The zero-order valence-corrected chi connectivity index (χ0v) is 11.3. The number of rotatable bonds is 2. The molecule has 19 heavy (non-hydrogen) atoms. The summed E-state index contributed by atoms with van der Waals surface area (Å²) in [7, 11) is 1.71. The van der Waals surface area contributed by atoms with E-state index in [1.54, 1.807) is 38.2 Å². The lowest BCUT2D eigenvalue weighted by Gasteiger charge is -2.08. The van der Waals surface area contributed by atoms with E-state index in [4.69, 9.17) is 17.3 Å². The minimum Gasteiger partial charge on any atom is -0.394 e. The van der Waals surface area contributed by atoms with Gasteiger partial charge in [0.1, 0.15) is 0 Å². The smallest absolute Gasteiger partial charge is 0.324 e. The summed E-state index contributed by atoms with van der Waals surface area (Å²) >= 11 is 5.84. The average molecular weight is 280 g/mol. The monoisotopic (exact) mass is 279 g/mol. The van der Waals surface area contributed by atoms with Gasteiger partial charge in [-0.05, 0) is 25.1 Å². The lowest BCUT2D eigenvalue weighted by atomic mass is 10.3. The Balaban J connectivity index is 2.09. The van der Waals surface area contributed by atoms with Crippen LogP contribution in [0, 0.1) is 6.92 Å². The molecule has 2 amide bonds. The van der Waals surface area contributed by atoms with Crippen LogP contribution in [0.4, 0.5) is 22.0 Å². The Bertz CT molecular complexity index is 623. The molecule has 0 aliphatic rings. The number of benzene rings is 1. The van der Waals surface area contributed by atoms with E-state index in [2.05, 4.69) is 15.7 Å². The number of nitrogen functional groups attached to an aromatic ring is 1. The summed E-state index contributed by atoms with van der Waals surface area (Å²) in [6, 6.07) is 6.47. The molecular formula is C12H14ClN5O. The fourth-order valence-corrected chi connectivity index (χ4v) is 1.85. The maximum Gasteiger partial charge on any atom is 0.324 e. The van der Waals surface area contributed by atoms with E-state index in [0.29, 0.717) is 27.9 Å². The maximum atomic E-state index is 11.8. The van der Waals surface area contributed by atoms with Gasteiger partial charge in [-0.25, -0.2) is 4.79 Å². The number of anilines is 3. The van der Waals surface area contributed by atoms with Gasteiger partial charge in [0.2, 0.25) is 0 Å². The first-order chi connectivity index (χ1) is 8.97.